The molecule has 1 heterocycles. The summed E-state index contributed by atoms with van der Waals surface area (Å²) in [6.07, 6.45) is 4.27. The van der Waals surface area contributed by atoms with Gasteiger partial charge in [0.1, 0.15) is 17.5 Å². The average Bonchev–Trinajstić information content (AvgIpc) is 3.02. The van der Waals surface area contributed by atoms with Crippen molar-refractivity contribution in [1.82, 2.24) is 9.78 Å². The van der Waals surface area contributed by atoms with Crippen LogP contribution in [0, 0.1) is 18.3 Å². The molecule has 2 rings (SSSR count). The highest BCUT2D eigenvalue weighted by atomic mass is 15.4. The topological polar surface area (TPSA) is 44.9 Å². The zero-order chi connectivity index (χ0) is 11.7. The van der Waals surface area contributed by atoms with Gasteiger partial charge in [0.25, 0.3) is 0 Å². The maximum absolute atomic E-state index is 9.18. The third kappa shape index (κ3) is 1.69. The van der Waals surface area contributed by atoms with Crippen molar-refractivity contribution >= 4 is 5.82 Å². The fourth-order valence-electron chi connectivity index (χ4n) is 2.04. The highest BCUT2D eigenvalue weighted by Crippen LogP contribution is 2.33. The Hall–Kier alpha value is -1.76. The van der Waals surface area contributed by atoms with Gasteiger partial charge in [-0.1, -0.05) is 6.08 Å². The molecular weight excluding hydrogens is 200 g/mol. The molecule has 1 fully saturated rings. The predicted octanol–water partition coefficient (Wildman–Crippen LogP) is 1.75. The van der Waals surface area contributed by atoms with Crippen molar-refractivity contribution in [1.29, 1.82) is 5.26 Å². The van der Waals surface area contributed by atoms with Crippen LogP contribution in [0.4, 0.5) is 5.82 Å². The van der Waals surface area contributed by atoms with Crippen molar-refractivity contribution in [3.63, 3.8) is 0 Å². The summed E-state index contributed by atoms with van der Waals surface area (Å²) in [6.45, 7) is 6.43. The van der Waals surface area contributed by atoms with Crippen molar-refractivity contribution < 1.29 is 0 Å². The van der Waals surface area contributed by atoms with Crippen molar-refractivity contribution in [3.8, 4) is 6.07 Å². The van der Waals surface area contributed by atoms with E-state index in [9.17, 15) is 5.26 Å². The Morgan fingerprint density at radius 3 is 2.88 bits per heavy atom. The first-order valence-electron chi connectivity index (χ1n) is 5.50. The highest BCUT2D eigenvalue weighted by molar-refractivity contribution is 5.58. The van der Waals surface area contributed by atoms with Gasteiger partial charge in [-0.05, 0) is 19.8 Å². The summed E-state index contributed by atoms with van der Waals surface area (Å²) in [6, 6.07) is 2.80. The van der Waals surface area contributed by atoms with Gasteiger partial charge in [0, 0.05) is 19.6 Å². The molecule has 0 spiro atoms. The summed E-state index contributed by atoms with van der Waals surface area (Å²) in [5, 5.41) is 13.5. The van der Waals surface area contributed by atoms with Crippen molar-refractivity contribution in [2.45, 2.75) is 25.8 Å². The molecule has 1 aromatic rings. The molecule has 0 amide bonds. The summed E-state index contributed by atoms with van der Waals surface area (Å²) < 4.78 is 1.80. The van der Waals surface area contributed by atoms with Gasteiger partial charge in [0.15, 0.2) is 0 Å². The number of aromatic nitrogens is 2. The summed E-state index contributed by atoms with van der Waals surface area (Å²) >= 11 is 0. The molecule has 0 radical (unpaired) electrons. The molecule has 1 aliphatic rings. The Balaban J connectivity index is 2.43. The molecular formula is C12H16N4. The van der Waals surface area contributed by atoms with Gasteiger partial charge >= 0.3 is 0 Å². The third-order valence-electron chi connectivity index (χ3n) is 2.89. The fraction of sp³-hybridized carbons (Fsp3) is 0.500. The van der Waals surface area contributed by atoms with Gasteiger partial charge in [-0.2, -0.15) is 10.4 Å². The lowest BCUT2D eigenvalue weighted by Gasteiger charge is -2.23. The zero-order valence-electron chi connectivity index (χ0n) is 9.77. The minimum Gasteiger partial charge on any atom is -0.349 e. The van der Waals surface area contributed by atoms with Crippen LogP contribution in [0.1, 0.15) is 24.1 Å². The molecule has 84 valence electrons. The number of hydrogen-bond acceptors (Lipinski definition) is 3. The highest BCUT2D eigenvalue weighted by Gasteiger charge is 2.32. The van der Waals surface area contributed by atoms with Crippen LogP contribution >= 0.6 is 0 Å². The summed E-state index contributed by atoms with van der Waals surface area (Å²) in [5.74, 6) is 0.933. The summed E-state index contributed by atoms with van der Waals surface area (Å²) in [5.41, 5.74) is 1.49. The van der Waals surface area contributed by atoms with Gasteiger partial charge < -0.3 is 4.90 Å². The van der Waals surface area contributed by atoms with Gasteiger partial charge in [0.2, 0.25) is 0 Å². The number of aryl methyl sites for hydroxylation is 2. The normalized spacial score (nSPS) is 14.6. The summed E-state index contributed by atoms with van der Waals surface area (Å²) in [4.78, 5) is 2.23. The van der Waals surface area contributed by atoms with Crippen LogP contribution in [0.15, 0.2) is 12.7 Å². The maximum Gasteiger partial charge on any atom is 0.145 e. The fourth-order valence-corrected chi connectivity index (χ4v) is 2.04. The Labute approximate surface area is 95.8 Å². The van der Waals surface area contributed by atoms with E-state index in [-0.39, 0.29) is 0 Å². The number of anilines is 1. The van der Waals surface area contributed by atoms with E-state index in [4.69, 9.17) is 0 Å². The van der Waals surface area contributed by atoms with Crippen LogP contribution < -0.4 is 4.90 Å². The van der Waals surface area contributed by atoms with Gasteiger partial charge in [-0.3, -0.25) is 4.68 Å². The molecule has 0 saturated heterocycles. The van der Waals surface area contributed by atoms with Gasteiger partial charge in [-0.15, -0.1) is 6.58 Å². The van der Waals surface area contributed by atoms with E-state index in [2.05, 4.69) is 22.6 Å². The molecule has 0 aromatic carbocycles. The Morgan fingerprint density at radius 1 is 1.69 bits per heavy atom. The number of rotatable bonds is 4. The number of hydrogen-bond donors (Lipinski definition) is 0. The molecule has 16 heavy (non-hydrogen) atoms. The van der Waals surface area contributed by atoms with E-state index in [0.29, 0.717) is 11.6 Å². The molecule has 0 atom stereocenters. The Morgan fingerprint density at radius 2 is 2.38 bits per heavy atom. The van der Waals surface area contributed by atoms with Gasteiger partial charge in [0.05, 0.1) is 5.69 Å². The molecule has 1 saturated carbocycles. The molecule has 0 aliphatic heterocycles. The zero-order valence-corrected chi connectivity index (χ0v) is 9.77. The minimum absolute atomic E-state index is 0.555. The minimum atomic E-state index is 0.555. The van der Waals surface area contributed by atoms with Crippen LogP contribution in [0.2, 0.25) is 0 Å². The Kier molecular flexibility index (Phi) is 2.69. The lowest BCUT2D eigenvalue weighted by molar-refractivity contribution is 0.713. The lowest BCUT2D eigenvalue weighted by atomic mass is 10.2. The molecule has 0 bridgehead atoms. The lowest BCUT2D eigenvalue weighted by Crippen LogP contribution is -2.28. The quantitative estimate of drug-likeness (QED) is 0.720. The van der Waals surface area contributed by atoms with E-state index in [1.807, 2.05) is 20.0 Å². The van der Waals surface area contributed by atoms with Crippen LogP contribution in [-0.2, 0) is 7.05 Å². The molecule has 1 aromatic heterocycles. The van der Waals surface area contributed by atoms with Crippen molar-refractivity contribution in [2.24, 2.45) is 7.05 Å². The van der Waals surface area contributed by atoms with Crippen molar-refractivity contribution in [3.05, 3.63) is 23.9 Å². The average molecular weight is 216 g/mol. The third-order valence-corrected chi connectivity index (χ3v) is 2.89. The molecule has 0 N–H and O–H groups in total. The standard InChI is InChI=1S/C12H16N4/c1-4-7-16(10-5-6-10)12-11(8-13)9(2)14-15(12)3/h4,10H,1,5-7H2,2-3H3. The SMILES string of the molecule is C=CCN(c1c(C#N)c(C)nn1C)C1CC1. The van der Waals surface area contributed by atoms with Crippen LogP contribution in [-0.4, -0.2) is 22.4 Å². The number of nitrogens with zero attached hydrogens (tertiary/aromatic N) is 4. The van der Waals surface area contributed by atoms with Crippen LogP contribution in [0.3, 0.4) is 0 Å². The van der Waals surface area contributed by atoms with E-state index in [0.717, 1.165) is 18.1 Å². The monoisotopic (exact) mass is 216 g/mol. The molecule has 1 aliphatic carbocycles. The van der Waals surface area contributed by atoms with E-state index < -0.39 is 0 Å². The maximum atomic E-state index is 9.18. The second-order valence-electron chi connectivity index (χ2n) is 4.19. The van der Waals surface area contributed by atoms with Crippen LogP contribution in [0.5, 0.6) is 0 Å². The smallest absolute Gasteiger partial charge is 0.145 e. The van der Waals surface area contributed by atoms with Crippen molar-refractivity contribution in [2.75, 3.05) is 11.4 Å². The first kappa shape index (κ1) is 10.7. The molecule has 4 heteroatoms. The second kappa shape index (κ2) is 4.01. The first-order valence-corrected chi connectivity index (χ1v) is 5.50. The van der Waals surface area contributed by atoms with E-state index >= 15 is 0 Å². The van der Waals surface area contributed by atoms with Gasteiger partial charge in [-0.25, -0.2) is 0 Å². The number of nitriles is 1. The van der Waals surface area contributed by atoms with E-state index in [1.54, 1.807) is 4.68 Å². The Bertz CT molecular complexity index is 448. The summed E-state index contributed by atoms with van der Waals surface area (Å²) in [7, 11) is 1.89. The molecule has 0 unspecified atom stereocenters. The predicted molar refractivity (Wildman–Crippen MR) is 63.2 cm³/mol. The van der Waals surface area contributed by atoms with E-state index in [1.165, 1.54) is 12.8 Å². The largest absolute Gasteiger partial charge is 0.349 e. The van der Waals surface area contributed by atoms with Crippen LogP contribution in [0.25, 0.3) is 0 Å². The second-order valence-corrected chi connectivity index (χ2v) is 4.19. The first-order chi connectivity index (χ1) is 7.69. The molecule has 4 nitrogen and oxygen atoms in total.